The van der Waals surface area contributed by atoms with Crippen molar-refractivity contribution in [1.29, 1.82) is 0 Å². The van der Waals surface area contributed by atoms with E-state index < -0.39 is 11.6 Å². The van der Waals surface area contributed by atoms with Crippen LogP contribution in [0.15, 0.2) is 18.2 Å². The minimum Gasteiger partial charge on any atom is -0.327 e. The van der Waals surface area contributed by atoms with Crippen LogP contribution in [0, 0.1) is 17.6 Å². The van der Waals surface area contributed by atoms with Gasteiger partial charge in [-0.05, 0) is 48.8 Å². The monoisotopic (exact) mass is 253 g/mol. The van der Waals surface area contributed by atoms with Crippen molar-refractivity contribution in [1.82, 2.24) is 0 Å². The van der Waals surface area contributed by atoms with Gasteiger partial charge in [-0.25, -0.2) is 8.78 Å². The Morgan fingerprint density at radius 3 is 2.44 bits per heavy atom. The van der Waals surface area contributed by atoms with E-state index in [0.29, 0.717) is 5.92 Å². The second-order valence-corrected chi connectivity index (χ2v) is 5.44. The van der Waals surface area contributed by atoms with Crippen molar-refractivity contribution >= 4 is 0 Å². The molecule has 0 heterocycles. The molecule has 0 amide bonds. The first kappa shape index (κ1) is 13.5. The van der Waals surface area contributed by atoms with Gasteiger partial charge in [0, 0.05) is 12.1 Å². The summed E-state index contributed by atoms with van der Waals surface area (Å²) in [6.45, 7) is 2.17. The highest BCUT2D eigenvalue weighted by atomic mass is 19.1. The Morgan fingerprint density at radius 2 is 1.83 bits per heavy atom. The van der Waals surface area contributed by atoms with Crippen molar-refractivity contribution in [2.75, 3.05) is 0 Å². The van der Waals surface area contributed by atoms with Crippen LogP contribution in [-0.2, 0) is 0 Å². The first-order valence-corrected chi connectivity index (χ1v) is 6.81. The van der Waals surface area contributed by atoms with E-state index in [1.54, 1.807) is 0 Å². The molecule has 0 aliphatic heterocycles. The van der Waals surface area contributed by atoms with Gasteiger partial charge in [0.25, 0.3) is 0 Å². The molecule has 0 radical (unpaired) electrons. The number of hydrogen-bond acceptors (Lipinski definition) is 1. The highest BCUT2D eigenvalue weighted by Gasteiger charge is 2.29. The molecule has 1 saturated carbocycles. The fraction of sp³-hybridized carbons (Fsp3) is 0.600. The molecular formula is C15H21F2N. The second-order valence-electron chi connectivity index (χ2n) is 5.44. The highest BCUT2D eigenvalue weighted by Crippen LogP contribution is 2.37. The fourth-order valence-electron chi connectivity index (χ4n) is 3.12. The van der Waals surface area contributed by atoms with Gasteiger partial charge in [-0.15, -0.1) is 0 Å². The van der Waals surface area contributed by atoms with Crippen molar-refractivity contribution < 1.29 is 8.78 Å². The number of halogens is 2. The van der Waals surface area contributed by atoms with Gasteiger partial charge in [-0.2, -0.15) is 0 Å². The van der Waals surface area contributed by atoms with Crippen LogP contribution in [0.5, 0.6) is 0 Å². The molecule has 0 spiro atoms. The SMILES string of the molecule is CCCC1CCC(N)C(c2cc(F)cc(F)c2)C1. The Kier molecular flexibility index (Phi) is 4.33. The minimum atomic E-state index is -0.505. The Hall–Kier alpha value is -0.960. The van der Waals surface area contributed by atoms with Gasteiger partial charge in [0.1, 0.15) is 11.6 Å². The average molecular weight is 253 g/mol. The van der Waals surface area contributed by atoms with E-state index in [4.69, 9.17) is 5.73 Å². The molecule has 0 bridgehead atoms. The quantitative estimate of drug-likeness (QED) is 0.866. The molecule has 3 unspecified atom stereocenters. The summed E-state index contributed by atoms with van der Waals surface area (Å²) in [6.07, 6.45) is 5.39. The minimum absolute atomic E-state index is 0.0271. The van der Waals surface area contributed by atoms with E-state index in [2.05, 4.69) is 6.92 Å². The summed E-state index contributed by atoms with van der Waals surface area (Å²) in [5.41, 5.74) is 6.85. The fourth-order valence-corrected chi connectivity index (χ4v) is 3.12. The largest absolute Gasteiger partial charge is 0.327 e. The molecule has 1 aliphatic rings. The van der Waals surface area contributed by atoms with Crippen LogP contribution < -0.4 is 5.73 Å². The van der Waals surface area contributed by atoms with E-state index in [1.807, 2.05) is 0 Å². The van der Waals surface area contributed by atoms with Gasteiger partial charge in [0.2, 0.25) is 0 Å². The summed E-state index contributed by atoms with van der Waals surface area (Å²) in [5, 5.41) is 0. The van der Waals surface area contributed by atoms with Crippen molar-refractivity contribution in [2.45, 2.75) is 51.0 Å². The molecule has 1 aromatic rings. The molecule has 3 heteroatoms. The Morgan fingerprint density at radius 1 is 1.17 bits per heavy atom. The first-order valence-electron chi connectivity index (χ1n) is 6.81. The molecule has 100 valence electrons. The van der Waals surface area contributed by atoms with Gasteiger partial charge in [0.05, 0.1) is 0 Å². The second kappa shape index (κ2) is 5.79. The Labute approximate surface area is 107 Å². The van der Waals surface area contributed by atoms with Crippen molar-refractivity contribution in [2.24, 2.45) is 11.7 Å². The van der Waals surface area contributed by atoms with Crippen LogP contribution in [0.2, 0.25) is 0 Å². The van der Waals surface area contributed by atoms with E-state index in [9.17, 15) is 8.78 Å². The molecule has 0 aromatic heterocycles. The van der Waals surface area contributed by atoms with Crippen LogP contribution in [-0.4, -0.2) is 6.04 Å². The molecule has 3 atom stereocenters. The van der Waals surface area contributed by atoms with E-state index >= 15 is 0 Å². The average Bonchev–Trinajstić information content (AvgIpc) is 2.30. The number of hydrogen-bond donors (Lipinski definition) is 1. The summed E-state index contributed by atoms with van der Waals surface area (Å²) < 4.78 is 26.5. The molecule has 1 aromatic carbocycles. The van der Waals surface area contributed by atoms with Gasteiger partial charge in [0.15, 0.2) is 0 Å². The van der Waals surface area contributed by atoms with Crippen LogP contribution in [0.25, 0.3) is 0 Å². The lowest BCUT2D eigenvalue weighted by Gasteiger charge is -2.34. The lowest BCUT2D eigenvalue weighted by molar-refractivity contribution is 0.273. The predicted octanol–water partition coefficient (Wildman–Crippen LogP) is 3.98. The molecule has 1 fully saturated rings. The molecule has 2 rings (SSSR count). The summed E-state index contributed by atoms with van der Waals surface area (Å²) in [6, 6.07) is 3.81. The summed E-state index contributed by atoms with van der Waals surface area (Å²) >= 11 is 0. The van der Waals surface area contributed by atoms with Crippen LogP contribution in [0.4, 0.5) is 8.78 Å². The third-order valence-electron chi connectivity index (χ3n) is 4.02. The zero-order valence-electron chi connectivity index (χ0n) is 10.8. The van der Waals surface area contributed by atoms with E-state index in [-0.39, 0.29) is 12.0 Å². The normalized spacial score (nSPS) is 28.3. The van der Waals surface area contributed by atoms with Crippen molar-refractivity contribution in [3.05, 3.63) is 35.4 Å². The predicted molar refractivity (Wildman–Crippen MR) is 69.3 cm³/mol. The van der Waals surface area contributed by atoms with Gasteiger partial charge >= 0.3 is 0 Å². The van der Waals surface area contributed by atoms with Gasteiger partial charge in [-0.3, -0.25) is 0 Å². The maximum Gasteiger partial charge on any atom is 0.126 e. The highest BCUT2D eigenvalue weighted by molar-refractivity contribution is 5.24. The molecule has 18 heavy (non-hydrogen) atoms. The molecular weight excluding hydrogens is 232 g/mol. The third kappa shape index (κ3) is 3.08. The molecule has 1 aliphatic carbocycles. The first-order chi connectivity index (χ1) is 8.60. The maximum absolute atomic E-state index is 13.3. The number of rotatable bonds is 3. The summed E-state index contributed by atoms with van der Waals surface area (Å²) in [7, 11) is 0. The number of benzene rings is 1. The Bertz CT molecular complexity index is 385. The van der Waals surface area contributed by atoms with E-state index in [0.717, 1.165) is 37.3 Å². The lowest BCUT2D eigenvalue weighted by Crippen LogP contribution is -2.34. The van der Waals surface area contributed by atoms with E-state index in [1.165, 1.54) is 18.6 Å². The summed E-state index contributed by atoms with van der Waals surface area (Å²) in [4.78, 5) is 0. The Balaban J connectivity index is 2.18. The van der Waals surface area contributed by atoms with Crippen LogP contribution in [0.3, 0.4) is 0 Å². The number of nitrogens with two attached hydrogens (primary N) is 1. The maximum atomic E-state index is 13.3. The smallest absolute Gasteiger partial charge is 0.126 e. The van der Waals surface area contributed by atoms with Crippen LogP contribution >= 0.6 is 0 Å². The zero-order valence-corrected chi connectivity index (χ0v) is 10.8. The standard InChI is InChI=1S/C15H21F2N/c1-2-3-10-4-5-15(18)14(6-10)11-7-12(16)9-13(17)8-11/h7-10,14-15H,2-6,18H2,1H3. The third-order valence-corrected chi connectivity index (χ3v) is 4.02. The molecule has 2 N–H and O–H groups in total. The zero-order chi connectivity index (χ0) is 13.1. The summed E-state index contributed by atoms with van der Waals surface area (Å²) in [5.74, 6) is -0.267. The van der Waals surface area contributed by atoms with Crippen LogP contribution in [0.1, 0.15) is 50.5 Å². The topological polar surface area (TPSA) is 26.0 Å². The molecule has 1 nitrogen and oxygen atoms in total. The van der Waals surface area contributed by atoms with Crippen molar-refractivity contribution in [3.8, 4) is 0 Å². The molecule has 0 saturated heterocycles. The van der Waals surface area contributed by atoms with Gasteiger partial charge < -0.3 is 5.73 Å². The lowest BCUT2D eigenvalue weighted by atomic mass is 9.74. The van der Waals surface area contributed by atoms with Gasteiger partial charge in [-0.1, -0.05) is 19.8 Å². The van der Waals surface area contributed by atoms with Crippen molar-refractivity contribution in [3.63, 3.8) is 0 Å².